The van der Waals surface area contributed by atoms with E-state index in [-0.39, 0.29) is 24.4 Å². The minimum Gasteiger partial charge on any atom is -0.364 e. The van der Waals surface area contributed by atoms with Gasteiger partial charge in [-0.1, -0.05) is 13.8 Å². The number of nitrogens with zero attached hydrogens (tertiary/aromatic N) is 2. The summed E-state index contributed by atoms with van der Waals surface area (Å²) in [5.74, 6) is 1.08. The zero-order valence-electron chi connectivity index (χ0n) is 11.9. The van der Waals surface area contributed by atoms with Gasteiger partial charge in [-0.2, -0.15) is 5.10 Å². The molecule has 3 N–H and O–H groups in total. The van der Waals surface area contributed by atoms with E-state index < -0.39 is 6.10 Å². The molecule has 114 valence electrons. The van der Waals surface area contributed by atoms with Crippen LogP contribution >= 0.6 is 12.4 Å². The second kappa shape index (κ2) is 7.61. The summed E-state index contributed by atoms with van der Waals surface area (Å²) < 4.78 is 7.38. The van der Waals surface area contributed by atoms with Gasteiger partial charge in [0.05, 0.1) is 12.3 Å². The molecule has 2 heterocycles. The van der Waals surface area contributed by atoms with E-state index in [4.69, 9.17) is 10.5 Å². The van der Waals surface area contributed by atoms with Gasteiger partial charge in [-0.3, -0.25) is 4.79 Å². The molecule has 1 aliphatic rings. The Balaban J connectivity index is 0.00000200. The van der Waals surface area contributed by atoms with Crippen molar-refractivity contribution in [2.75, 3.05) is 11.9 Å². The smallest absolute Gasteiger partial charge is 0.254 e. The largest absolute Gasteiger partial charge is 0.364 e. The molecule has 0 unspecified atom stereocenters. The number of nitrogens with one attached hydrogen (secondary N) is 1. The Morgan fingerprint density at radius 2 is 2.35 bits per heavy atom. The zero-order valence-corrected chi connectivity index (χ0v) is 12.7. The van der Waals surface area contributed by atoms with Gasteiger partial charge < -0.3 is 15.8 Å². The molecule has 7 heteroatoms. The van der Waals surface area contributed by atoms with Crippen molar-refractivity contribution in [2.45, 2.75) is 45.4 Å². The first kappa shape index (κ1) is 16.9. The van der Waals surface area contributed by atoms with Gasteiger partial charge >= 0.3 is 0 Å². The highest BCUT2D eigenvalue weighted by Crippen LogP contribution is 2.20. The summed E-state index contributed by atoms with van der Waals surface area (Å²) in [7, 11) is 0. The van der Waals surface area contributed by atoms with Crippen LogP contribution in [0.15, 0.2) is 12.3 Å². The normalized spacial score (nSPS) is 21.8. The number of amides is 1. The van der Waals surface area contributed by atoms with Gasteiger partial charge in [0.25, 0.3) is 5.91 Å². The molecule has 1 saturated heterocycles. The van der Waals surface area contributed by atoms with Crippen molar-refractivity contribution in [3.63, 3.8) is 0 Å². The van der Waals surface area contributed by atoms with E-state index in [9.17, 15) is 4.79 Å². The number of hydrogen-bond acceptors (Lipinski definition) is 4. The van der Waals surface area contributed by atoms with Crippen molar-refractivity contribution in [3.05, 3.63) is 12.3 Å². The summed E-state index contributed by atoms with van der Waals surface area (Å²) in [6, 6.07) is 1.80. The standard InChI is InChI=1S/C13H22N4O2.ClH/c1-9(2)8-17-12(5-6-15-17)16-13(18)11-4-3-10(7-14)19-11;/h5-6,9-11H,3-4,7-8,14H2,1-2H3,(H,16,18);1H/t10-,11+;/m1./s1. The first-order chi connectivity index (χ1) is 9.10. The van der Waals surface area contributed by atoms with Crippen LogP contribution in [0, 0.1) is 5.92 Å². The molecule has 1 aromatic heterocycles. The van der Waals surface area contributed by atoms with E-state index in [0.29, 0.717) is 12.5 Å². The lowest BCUT2D eigenvalue weighted by Gasteiger charge is -2.14. The molecule has 2 rings (SSSR count). The molecule has 0 aromatic carbocycles. The number of aromatic nitrogens is 2. The molecule has 6 nitrogen and oxygen atoms in total. The monoisotopic (exact) mass is 302 g/mol. The summed E-state index contributed by atoms with van der Waals surface area (Å²) >= 11 is 0. The van der Waals surface area contributed by atoms with E-state index in [2.05, 4.69) is 24.3 Å². The molecule has 1 amide bonds. The maximum atomic E-state index is 12.1. The second-order valence-electron chi connectivity index (χ2n) is 5.34. The van der Waals surface area contributed by atoms with Crippen LogP contribution in [0.3, 0.4) is 0 Å². The summed E-state index contributed by atoms with van der Waals surface area (Å²) in [4.78, 5) is 12.1. The number of carbonyl (C=O) groups is 1. The zero-order chi connectivity index (χ0) is 13.8. The Kier molecular flexibility index (Phi) is 6.45. The van der Waals surface area contributed by atoms with Gasteiger partial charge in [0.15, 0.2) is 0 Å². The molecule has 20 heavy (non-hydrogen) atoms. The van der Waals surface area contributed by atoms with Crippen LogP contribution in [0.4, 0.5) is 5.82 Å². The van der Waals surface area contributed by atoms with Crippen molar-refractivity contribution >= 4 is 24.1 Å². The Morgan fingerprint density at radius 3 is 2.95 bits per heavy atom. The molecule has 0 spiro atoms. The molecule has 0 saturated carbocycles. The first-order valence-corrected chi connectivity index (χ1v) is 6.78. The molecule has 0 aliphatic carbocycles. The lowest BCUT2D eigenvalue weighted by Crippen LogP contribution is -2.30. The average Bonchev–Trinajstić information content (AvgIpc) is 2.98. The van der Waals surface area contributed by atoms with Crippen molar-refractivity contribution in [1.29, 1.82) is 0 Å². The van der Waals surface area contributed by atoms with Crippen molar-refractivity contribution in [3.8, 4) is 0 Å². The number of rotatable bonds is 5. The van der Waals surface area contributed by atoms with Crippen LogP contribution in [-0.2, 0) is 16.1 Å². The van der Waals surface area contributed by atoms with Crippen LogP contribution < -0.4 is 11.1 Å². The summed E-state index contributed by atoms with van der Waals surface area (Å²) in [5.41, 5.74) is 5.54. The van der Waals surface area contributed by atoms with Crippen LogP contribution in [0.5, 0.6) is 0 Å². The Hall–Kier alpha value is -1.11. The third kappa shape index (κ3) is 4.19. The Bertz CT molecular complexity index is 436. The quantitative estimate of drug-likeness (QED) is 0.861. The van der Waals surface area contributed by atoms with Crippen LogP contribution in [0.25, 0.3) is 0 Å². The fourth-order valence-electron chi connectivity index (χ4n) is 2.21. The summed E-state index contributed by atoms with van der Waals surface area (Å²) in [5, 5.41) is 7.09. The highest BCUT2D eigenvalue weighted by Gasteiger charge is 2.30. The molecule has 2 atom stereocenters. The summed E-state index contributed by atoms with van der Waals surface area (Å²) in [6.07, 6.45) is 2.88. The molecule has 0 radical (unpaired) electrons. The van der Waals surface area contributed by atoms with Crippen LogP contribution in [0.1, 0.15) is 26.7 Å². The molecular formula is C13H23ClN4O2. The van der Waals surface area contributed by atoms with Gasteiger partial charge in [0, 0.05) is 19.2 Å². The minimum absolute atomic E-state index is 0. The molecule has 1 aromatic rings. The fraction of sp³-hybridized carbons (Fsp3) is 0.692. The maximum absolute atomic E-state index is 12.1. The number of nitrogens with two attached hydrogens (primary N) is 1. The SMILES string of the molecule is CC(C)Cn1nccc1NC(=O)[C@@H]1CC[C@H](CN)O1.Cl. The van der Waals surface area contributed by atoms with E-state index in [0.717, 1.165) is 25.2 Å². The Morgan fingerprint density at radius 1 is 1.60 bits per heavy atom. The lowest BCUT2D eigenvalue weighted by atomic mass is 10.2. The van der Waals surface area contributed by atoms with Gasteiger partial charge in [-0.05, 0) is 18.8 Å². The number of anilines is 1. The molecule has 0 bridgehead atoms. The molecule has 1 aliphatic heterocycles. The van der Waals surface area contributed by atoms with E-state index in [1.54, 1.807) is 16.9 Å². The second-order valence-corrected chi connectivity index (χ2v) is 5.34. The van der Waals surface area contributed by atoms with Crippen molar-refractivity contribution in [2.24, 2.45) is 11.7 Å². The number of hydrogen-bond donors (Lipinski definition) is 2. The van der Waals surface area contributed by atoms with Crippen molar-refractivity contribution < 1.29 is 9.53 Å². The maximum Gasteiger partial charge on any atom is 0.254 e. The van der Waals surface area contributed by atoms with E-state index in [1.807, 2.05) is 0 Å². The van der Waals surface area contributed by atoms with Crippen molar-refractivity contribution in [1.82, 2.24) is 9.78 Å². The van der Waals surface area contributed by atoms with Gasteiger partial charge in [0.2, 0.25) is 0 Å². The predicted molar refractivity (Wildman–Crippen MR) is 79.9 cm³/mol. The number of halogens is 1. The van der Waals surface area contributed by atoms with Gasteiger partial charge in [-0.15, -0.1) is 12.4 Å². The fourth-order valence-corrected chi connectivity index (χ4v) is 2.21. The third-order valence-corrected chi connectivity index (χ3v) is 3.17. The van der Waals surface area contributed by atoms with Crippen LogP contribution in [0.2, 0.25) is 0 Å². The predicted octanol–water partition coefficient (Wildman–Crippen LogP) is 1.41. The highest BCUT2D eigenvalue weighted by atomic mass is 35.5. The average molecular weight is 303 g/mol. The van der Waals surface area contributed by atoms with Crippen LogP contribution in [-0.4, -0.2) is 34.4 Å². The number of carbonyl (C=O) groups excluding carboxylic acids is 1. The lowest BCUT2D eigenvalue weighted by molar-refractivity contribution is -0.126. The minimum atomic E-state index is -0.393. The summed E-state index contributed by atoms with van der Waals surface area (Å²) in [6.45, 7) is 5.47. The first-order valence-electron chi connectivity index (χ1n) is 6.78. The topological polar surface area (TPSA) is 82.2 Å². The van der Waals surface area contributed by atoms with Gasteiger partial charge in [-0.25, -0.2) is 4.68 Å². The van der Waals surface area contributed by atoms with Gasteiger partial charge in [0.1, 0.15) is 11.9 Å². The number of ether oxygens (including phenoxy) is 1. The highest BCUT2D eigenvalue weighted by molar-refractivity contribution is 5.93. The Labute approximate surface area is 125 Å². The van der Waals surface area contributed by atoms with E-state index >= 15 is 0 Å². The van der Waals surface area contributed by atoms with E-state index in [1.165, 1.54) is 0 Å². The molecule has 1 fully saturated rings. The third-order valence-electron chi connectivity index (χ3n) is 3.17. The molecular weight excluding hydrogens is 280 g/mol.